The van der Waals surface area contributed by atoms with Gasteiger partial charge in [-0.2, -0.15) is 0 Å². The molecule has 0 fully saturated rings. The normalized spacial score (nSPS) is 10.5. The first-order valence-corrected chi connectivity index (χ1v) is 8.98. The minimum absolute atomic E-state index is 0.00399. The lowest BCUT2D eigenvalue weighted by atomic mass is 10.2. The van der Waals surface area contributed by atoms with Gasteiger partial charge in [-0.15, -0.1) is 11.3 Å². The Balaban J connectivity index is 1.60. The summed E-state index contributed by atoms with van der Waals surface area (Å²) < 4.78 is 5.38. The first-order chi connectivity index (χ1) is 12.2. The van der Waals surface area contributed by atoms with E-state index in [9.17, 15) is 4.79 Å². The van der Waals surface area contributed by atoms with Gasteiger partial charge in [0, 0.05) is 17.5 Å². The molecule has 3 rings (SSSR count). The molecule has 1 heterocycles. The van der Waals surface area contributed by atoms with E-state index in [1.54, 1.807) is 18.4 Å². The third kappa shape index (κ3) is 4.45. The minimum atomic E-state index is -0.00399. The van der Waals surface area contributed by atoms with Crippen molar-refractivity contribution < 1.29 is 9.53 Å². The van der Waals surface area contributed by atoms with Crippen molar-refractivity contribution in [3.63, 3.8) is 0 Å². The monoisotopic (exact) mass is 352 g/mol. The Bertz CT molecular complexity index is 856. The number of nitrogens with zero attached hydrogens (tertiary/aromatic N) is 1. The molecule has 0 spiro atoms. The van der Waals surface area contributed by atoms with Gasteiger partial charge in [0.2, 0.25) is 5.91 Å². The molecule has 1 amide bonds. The van der Waals surface area contributed by atoms with Crippen LogP contribution in [0.15, 0.2) is 53.9 Å². The van der Waals surface area contributed by atoms with Crippen LogP contribution in [0.5, 0.6) is 5.75 Å². The molecule has 0 saturated carbocycles. The fraction of sp³-hybridized carbons (Fsp3) is 0.200. The van der Waals surface area contributed by atoms with Crippen molar-refractivity contribution in [2.75, 3.05) is 12.4 Å². The number of rotatable bonds is 6. The largest absolute Gasteiger partial charge is 0.496 e. The van der Waals surface area contributed by atoms with Crippen molar-refractivity contribution >= 4 is 22.9 Å². The number of methoxy groups -OCH3 is 1. The lowest BCUT2D eigenvalue weighted by Crippen LogP contribution is -2.12. The number of carbonyl (C=O) groups is 1. The summed E-state index contributed by atoms with van der Waals surface area (Å²) >= 11 is 1.57. The number of anilines is 1. The number of benzene rings is 2. The molecule has 3 aromatic rings. The summed E-state index contributed by atoms with van der Waals surface area (Å²) in [6.07, 6.45) is 1.02. The highest BCUT2D eigenvalue weighted by molar-refractivity contribution is 7.13. The molecule has 0 aliphatic carbocycles. The molecular weight excluding hydrogens is 332 g/mol. The van der Waals surface area contributed by atoms with E-state index in [4.69, 9.17) is 4.74 Å². The highest BCUT2D eigenvalue weighted by Gasteiger charge is 2.11. The number of hydrogen-bond donors (Lipinski definition) is 1. The molecule has 0 aliphatic rings. The van der Waals surface area contributed by atoms with Crippen molar-refractivity contribution in [1.82, 2.24) is 4.98 Å². The standard InChI is InChI=1S/C20H20N2O2S/c1-14-7-9-15(10-8-14)21-19(23)12-11-16-13-25-20(22-16)17-5-3-4-6-18(17)24-2/h3-10,13H,11-12H2,1-2H3,(H,21,23). The van der Waals surface area contributed by atoms with E-state index in [0.717, 1.165) is 27.7 Å². The van der Waals surface area contributed by atoms with E-state index >= 15 is 0 Å². The highest BCUT2D eigenvalue weighted by Crippen LogP contribution is 2.32. The summed E-state index contributed by atoms with van der Waals surface area (Å²) in [5.74, 6) is 0.802. The van der Waals surface area contributed by atoms with Crippen LogP contribution in [0.3, 0.4) is 0 Å². The first-order valence-electron chi connectivity index (χ1n) is 8.10. The van der Waals surface area contributed by atoms with Gasteiger partial charge in [0.15, 0.2) is 0 Å². The summed E-state index contributed by atoms with van der Waals surface area (Å²) in [6, 6.07) is 15.6. The Morgan fingerprint density at radius 2 is 1.92 bits per heavy atom. The van der Waals surface area contributed by atoms with Crippen molar-refractivity contribution in [2.24, 2.45) is 0 Å². The number of carbonyl (C=O) groups excluding carboxylic acids is 1. The predicted octanol–water partition coefficient (Wildman–Crippen LogP) is 4.70. The van der Waals surface area contributed by atoms with Gasteiger partial charge in [0.05, 0.1) is 18.4 Å². The Morgan fingerprint density at radius 3 is 2.68 bits per heavy atom. The molecule has 0 unspecified atom stereocenters. The lowest BCUT2D eigenvalue weighted by molar-refractivity contribution is -0.116. The van der Waals surface area contributed by atoms with Gasteiger partial charge in [-0.25, -0.2) is 4.98 Å². The van der Waals surface area contributed by atoms with Crippen LogP contribution in [0.25, 0.3) is 10.6 Å². The zero-order valence-electron chi connectivity index (χ0n) is 14.3. The molecule has 5 heteroatoms. The number of ether oxygens (including phenoxy) is 1. The molecule has 0 bridgehead atoms. The number of aromatic nitrogens is 1. The van der Waals surface area contributed by atoms with Crippen molar-refractivity contribution in [1.29, 1.82) is 0 Å². The maximum Gasteiger partial charge on any atom is 0.224 e. The molecule has 0 radical (unpaired) electrons. The van der Waals surface area contributed by atoms with E-state index in [0.29, 0.717) is 12.8 Å². The second kappa shape index (κ2) is 7.94. The summed E-state index contributed by atoms with van der Waals surface area (Å²) in [5, 5.41) is 5.82. The first kappa shape index (κ1) is 17.2. The van der Waals surface area contributed by atoms with E-state index in [1.165, 1.54) is 5.56 Å². The predicted molar refractivity (Wildman–Crippen MR) is 102 cm³/mol. The molecule has 1 aromatic heterocycles. The Kier molecular flexibility index (Phi) is 5.46. The van der Waals surface area contributed by atoms with Crippen LogP contribution < -0.4 is 10.1 Å². The SMILES string of the molecule is COc1ccccc1-c1nc(CCC(=O)Nc2ccc(C)cc2)cs1. The molecule has 0 aliphatic heterocycles. The number of hydrogen-bond acceptors (Lipinski definition) is 4. The van der Waals surface area contributed by atoms with Crippen LogP contribution in [0.1, 0.15) is 17.7 Å². The van der Waals surface area contributed by atoms with Gasteiger partial charge in [0.25, 0.3) is 0 Å². The van der Waals surface area contributed by atoms with E-state index in [1.807, 2.05) is 60.8 Å². The topological polar surface area (TPSA) is 51.2 Å². The zero-order chi connectivity index (χ0) is 17.6. The van der Waals surface area contributed by atoms with Gasteiger partial charge < -0.3 is 10.1 Å². The van der Waals surface area contributed by atoms with Crippen LogP contribution in [-0.4, -0.2) is 18.0 Å². The molecule has 25 heavy (non-hydrogen) atoms. The summed E-state index contributed by atoms with van der Waals surface area (Å²) in [5.41, 5.74) is 3.89. The molecule has 4 nitrogen and oxygen atoms in total. The number of nitrogens with one attached hydrogen (secondary N) is 1. The number of amides is 1. The van der Waals surface area contributed by atoms with Crippen LogP contribution >= 0.6 is 11.3 Å². The van der Waals surface area contributed by atoms with Crippen LogP contribution in [-0.2, 0) is 11.2 Å². The fourth-order valence-corrected chi connectivity index (χ4v) is 3.35. The van der Waals surface area contributed by atoms with Crippen LogP contribution in [0, 0.1) is 6.92 Å². The average Bonchev–Trinajstić information content (AvgIpc) is 3.11. The molecule has 2 aromatic carbocycles. The average molecular weight is 352 g/mol. The van der Waals surface area contributed by atoms with Gasteiger partial charge >= 0.3 is 0 Å². The fourth-order valence-electron chi connectivity index (χ4n) is 2.47. The van der Waals surface area contributed by atoms with E-state index in [-0.39, 0.29) is 5.91 Å². The lowest BCUT2D eigenvalue weighted by Gasteiger charge is -2.05. The summed E-state index contributed by atoms with van der Waals surface area (Å²) in [4.78, 5) is 16.7. The minimum Gasteiger partial charge on any atom is -0.496 e. The number of para-hydroxylation sites is 1. The smallest absolute Gasteiger partial charge is 0.224 e. The van der Waals surface area contributed by atoms with Gasteiger partial charge in [-0.05, 0) is 37.6 Å². The molecular formula is C20H20N2O2S. The Hall–Kier alpha value is -2.66. The van der Waals surface area contributed by atoms with Gasteiger partial charge in [-0.1, -0.05) is 29.8 Å². The quantitative estimate of drug-likeness (QED) is 0.700. The molecule has 0 saturated heterocycles. The maximum atomic E-state index is 12.1. The summed E-state index contributed by atoms with van der Waals surface area (Å²) in [6.45, 7) is 2.02. The maximum absolute atomic E-state index is 12.1. The van der Waals surface area contributed by atoms with Crippen LogP contribution in [0.4, 0.5) is 5.69 Å². The zero-order valence-corrected chi connectivity index (χ0v) is 15.1. The van der Waals surface area contributed by atoms with E-state index in [2.05, 4.69) is 10.3 Å². The van der Waals surface area contributed by atoms with Gasteiger partial charge in [0.1, 0.15) is 10.8 Å². The second-order valence-electron chi connectivity index (χ2n) is 5.76. The summed E-state index contributed by atoms with van der Waals surface area (Å²) in [7, 11) is 1.66. The van der Waals surface area contributed by atoms with Crippen molar-refractivity contribution in [3.8, 4) is 16.3 Å². The molecule has 0 atom stereocenters. The molecule has 1 N–H and O–H groups in total. The molecule has 128 valence electrons. The highest BCUT2D eigenvalue weighted by atomic mass is 32.1. The third-order valence-electron chi connectivity index (χ3n) is 3.83. The van der Waals surface area contributed by atoms with Crippen molar-refractivity contribution in [2.45, 2.75) is 19.8 Å². The van der Waals surface area contributed by atoms with E-state index < -0.39 is 0 Å². The Morgan fingerprint density at radius 1 is 1.16 bits per heavy atom. The van der Waals surface area contributed by atoms with Crippen LogP contribution in [0.2, 0.25) is 0 Å². The Labute approximate surface area is 151 Å². The second-order valence-corrected chi connectivity index (χ2v) is 6.62. The number of aryl methyl sites for hydroxylation is 2. The van der Waals surface area contributed by atoms with Gasteiger partial charge in [-0.3, -0.25) is 4.79 Å². The van der Waals surface area contributed by atoms with Crippen molar-refractivity contribution in [3.05, 3.63) is 65.2 Å². The number of thiazole rings is 1. The third-order valence-corrected chi connectivity index (χ3v) is 4.76.